The molecule has 0 atom stereocenters. The molecule has 3 aromatic carbocycles. The first-order valence-corrected chi connectivity index (χ1v) is 10.3. The molecule has 4 rings (SSSR count). The maximum absolute atomic E-state index is 14.6. The van der Waals surface area contributed by atoms with E-state index in [-0.39, 0.29) is 17.7 Å². The summed E-state index contributed by atoms with van der Waals surface area (Å²) in [5, 5.41) is 3.81. The summed E-state index contributed by atoms with van der Waals surface area (Å²) in [6.07, 6.45) is -3.10. The van der Waals surface area contributed by atoms with Crippen LogP contribution in [0, 0.1) is 5.82 Å². The number of hydrogen-bond acceptors (Lipinski definition) is 4. The summed E-state index contributed by atoms with van der Waals surface area (Å²) in [4.78, 5) is 22.4. The van der Waals surface area contributed by atoms with Crippen LogP contribution in [0.15, 0.2) is 67.0 Å². The van der Waals surface area contributed by atoms with E-state index in [1.165, 1.54) is 36.5 Å². The van der Waals surface area contributed by atoms with Crippen LogP contribution in [0.25, 0.3) is 22.0 Å². The minimum absolute atomic E-state index is 0.118. The summed E-state index contributed by atoms with van der Waals surface area (Å²) < 4.78 is 53.6. The fourth-order valence-corrected chi connectivity index (χ4v) is 3.69. The highest BCUT2D eigenvalue weighted by Gasteiger charge is 2.31. The highest BCUT2D eigenvalue weighted by molar-refractivity contribution is 5.94. The van der Waals surface area contributed by atoms with Crippen molar-refractivity contribution in [2.45, 2.75) is 12.7 Å². The molecule has 1 aromatic heterocycles. The summed E-state index contributed by atoms with van der Waals surface area (Å²) >= 11 is 0. The predicted octanol–water partition coefficient (Wildman–Crippen LogP) is 5.77. The van der Waals surface area contributed by atoms with E-state index in [2.05, 4.69) is 15.3 Å². The Bertz CT molecular complexity index is 1370. The lowest BCUT2D eigenvalue weighted by atomic mass is 10.0. The summed E-state index contributed by atoms with van der Waals surface area (Å²) in [6, 6.07) is 14.3. The first-order chi connectivity index (χ1) is 16.2. The average molecular weight is 468 g/mol. The van der Waals surface area contributed by atoms with Crippen LogP contribution < -0.4 is 5.32 Å². The van der Waals surface area contributed by atoms with Gasteiger partial charge in [-0.1, -0.05) is 18.2 Å². The Balaban J connectivity index is 1.62. The first-order valence-electron chi connectivity index (χ1n) is 10.3. The third-order valence-electron chi connectivity index (χ3n) is 5.44. The Kier molecular flexibility index (Phi) is 6.19. The van der Waals surface area contributed by atoms with Gasteiger partial charge in [-0.05, 0) is 53.6 Å². The van der Waals surface area contributed by atoms with Crippen molar-refractivity contribution in [3.8, 4) is 11.1 Å². The second-order valence-electron chi connectivity index (χ2n) is 7.75. The van der Waals surface area contributed by atoms with Gasteiger partial charge in [0, 0.05) is 37.2 Å². The lowest BCUT2D eigenvalue weighted by molar-refractivity contribution is -0.137. The first kappa shape index (κ1) is 23.2. The molecular formula is C25H20F4N4O. The quantitative estimate of drug-likeness (QED) is 0.378. The molecule has 9 heteroatoms. The zero-order valence-electron chi connectivity index (χ0n) is 18.3. The molecule has 1 heterocycles. The Morgan fingerprint density at radius 3 is 2.47 bits per heavy atom. The van der Waals surface area contributed by atoms with Crippen LogP contribution in [0.1, 0.15) is 21.5 Å². The third-order valence-corrected chi connectivity index (χ3v) is 5.44. The lowest BCUT2D eigenvalue weighted by Gasteiger charge is -2.19. The Labute approximate surface area is 193 Å². The number of hydrogen-bond donors (Lipinski definition) is 1. The molecule has 0 bridgehead atoms. The van der Waals surface area contributed by atoms with Crippen LogP contribution in [0.2, 0.25) is 0 Å². The highest BCUT2D eigenvalue weighted by atomic mass is 19.4. The van der Waals surface area contributed by atoms with Gasteiger partial charge < -0.3 is 10.2 Å². The molecular weight excluding hydrogens is 448 g/mol. The van der Waals surface area contributed by atoms with E-state index in [9.17, 15) is 22.4 Å². The molecule has 1 amide bonds. The largest absolute Gasteiger partial charge is 0.416 e. The number of alkyl halides is 3. The van der Waals surface area contributed by atoms with Gasteiger partial charge >= 0.3 is 6.18 Å². The summed E-state index contributed by atoms with van der Waals surface area (Å²) in [6.45, 7) is -0.118. The molecule has 0 unspecified atom stereocenters. The van der Waals surface area contributed by atoms with Crippen molar-refractivity contribution < 1.29 is 22.4 Å². The molecule has 5 nitrogen and oxygen atoms in total. The number of benzene rings is 3. The highest BCUT2D eigenvalue weighted by Crippen LogP contribution is 2.31. The zero-order chi connectivity index (χ0) is 24.5. The summed E-state index contributed by atoms with van der Waals surface area (Å²) in [5.41, 5.74) is 1.45. The van der Waals surface area contributed by atoms with Crippen LogP contribution >= 0.6 is 0 Å². The van der Waals surface area contributed by atoms with E-state index in [1.807, 2.05) is 18.2 Å². The molecule has 0 fully saturated rings. The SMILES string of the molecule is CNc1ncnc2ccc(-c3ccc(F)c(CN(C)C(=O)c4cccc(C(F)(F)F)c4)c3)cc12. The molecule has 1 N–H and O–H groups in total. The smallest absolute Gasteiger partial charge is 0.373 e. The molecule has 0 saturated heterocycles. The molecule has 0 saturated carbocycles. The number of anilines is 1. The summed E-state index contributed by atoms with van der Waals surface area (Å²) in [7, 11) is 3.17. The van der Waals surface area contributed by atoms with E-state index in [0.29, 0.717) is 11.4 Å². The van der Waals surface area contributed by atoms with Crippen molar-refractivity contribution in [2.75, 3.05) is 19.4 Å². The maximum Gasteiger partial charge on any atom is 0.416 e. The van der Waals surface area contributed by atoms with Gasteiger partial charge in [0.05, 0.1) is 11.1 Å². The zero-order valence-corrected chi connectivity index (χ0v) is 18.3. The fraction of sp³-hybridized carbons (Fsp3) is 0.160. The van der Waals surface area contributed by atoms with Gasteiger partial charge in [0.15, 0.2) is 0 Å². The van der Waals surface area contributed by atoms with Crippen molar-refractivity contribution in [3.05, 3.63) is 89.5 Å². The Morgan fingerprint density at radius 2 is 1.74 bits per heavy atom. The number of halogens is 4. The molecule has 34 heavy (non-hydrogen) atoms. The Morgan fingerprint density at radius 1 is 1.00 bits per heavy atom. The van der Waals surface area contributed by atoms with E-state index in [1.54, 1.807) is 19.2 Å². The van der Waals surface area contributed by atoms with Gasteiger partial charge in [0.1, 0.15) is 18.0 Å². The van der Waals surface area contributed by atoms with Crippen molar-refractivity contribution in [3.63, 3.8) is 0 Å². The lowest BCUT2D eigenvalue weighted by Crippen LogP contribution is -2.27. The number of rotatable bonds is 5. The summed E-state index contributed by atoms with van der Waals surface area (Å²) in [5.74, 6) is -0.509. The molecule has 0 aliphatic carbocycles. The number of aromatic nitrogens is 2. The van der Waals surface area contributed by atoms with Crippen molar-refractivity contribution >= 4 is 22.6 Å². The van der Waals surface area contributed by atoms with Crippen LogP contribution in [-0.4, -0.2) is 34.9 Å². The minimum Gasteiger partial charge on any atom is -0.373 e. The van der Waals surface area contributed by atoms with Crippen LogP contribution in [0.5, 0.6) is 0 Å². The monoisotopic (exact) mass is 468 g/mol. The molecule has 174 valence electrons. The van der Waals surface area contributed by atoms with Gasteiger partial charge in [0.25, 0.3) is 5.91 Å². The van der Waals surface area contributed by atoms with E-state index < -0.39 is 23.5 Å². The number of amides is 1. The van der Waals surface area contributed by atoms with Gasteiger partial charge in [-0.25, -0.2) is 14.4 Å². The van der Waals surface area contributed by atoms with Crippen LogP contribution in [-0.2, 0) is 12.7 Å². The van der Waals surface area contributed by atoms with Crippen LogP contribution in [0.3, 0.4) is 0 Å². The molecule has 4 aromatic rings. The second kappa shape index (κ2) is 9.09. The molecule has 0 spiro atoms. The number of carbonyl (C=O) groups is 1. The fourth-order valence-electron chi connectivity index (χ4n) is 3.69. The maximum atomic E-state index is 14.6. The van der Waals surface area contributed by atoms with Gasteiger partial charge in [-0.3, -0.25) is 4.79 Å². The minimum atomic E-state index is -4.56. The van der Waals surface area contributed by atoms with Gasteiger partial charge in [0.2, 0.25) is 0 Å². The van der Waals surface area contributed by atoms with Gasteiger partial charge in [-0.15, -0.1) is 0 Å². The Hall–Kier alpha value is -4.01. The molecule has 0 aliphatic rings. The normalized spacial score (nSPS) is 11.5. The van der Waals surface area contributed by atoms with Crippen LogP contribution in [0.4, 0.5) is 23.4 Å². The number of carbonyl (C=O) groups excluding carboxylic acids is 1. The van der Waals surface area contributed by atoms with E-state index in [0.717, 1.165) is 28.6 Å². The molecule has 0 aliphatic heterocycles. The van der Waals surface area contributed by atoms with Crippen molar-refractivity contribution in [1.82, 2.24) is 14.9 Å². The average Bonchev–Trinajstić information content (AvgIpc) is 2.83. The number of nitrogens with one attached hydrogen (secondary N) is 1. The standard InChI is InChI=1S/C25H20F4N4O/c1-30-23-20-12-16(7-9-22(20)31-14-32-23)15-6-8-21(26)18(10-15)13-33(2)24(34)17-4-3-5-19(11-17)25(27,28)29/h3-12,14H,13H2,1-2H3,(H,30,31,32). The van der Waals surface area contributed by atoms with E-state index in [4.69, 9.17) is 0 Å². The third kappa shape index (κ3) is 4.68. The predicted molar refractivity (Wildman–Crippen MR) is 122 cm³/mol. The second-order valence-corrected chi connectivity index (χ2v) is 7.75. The van der Waals surface area contributed by atoms with Gasteiger partial charge in [-0.2, -0.15) is 13.2 Å². The van der Waals surface area contributed by atoms with E-state index >= 15 is 0 Å². The number of fused-ring (bicyclic) bond motifs is 1. The molecule has 0 radical (unpaired) electrons. The van der Waals surface area contributed by atoms with Crippen molar-refractivity contribution in [1.29, 1.82) is 0 Å². The topological polar surface area (TPSA) is 58.1 Å². The number of nitrogens with zero attached hydrogens (tertiary/aromatic N) is 3. The van der Waals surface area contributed by atoms with Crippen molar-refractivity contribution in [2.24, 2.45) is 0 Å².